The van der Waals surface area contributed by atoms with E-state index in [1.165, 1.54) is 13.3 Å². The van der Waals surface area contributed by atoms with Crippen LogP contribution in [-0.4, -0.2) is 40.5 Å². The molecule has 1 aliphatic heterocycles. The monoisotopic (exact) mass is 463 g/mol. The number of ether oxygens (including phenoxy) is 2. The van der Waals surface area contributed by atoms with Crippen molar-refractivity contribution < 1.29 is 14.3 Å². The number of Topliss-reactive ketones (excluding diaryl/α,β-unsaturated/α-hetero) is 1. The van der Waals surface area contributed by atoms with Crippen LogP contribution >= 0.6 is 0 Å². The number of nitrogens with zero attached hydrogens (tertiary/aromatic N) is 3. The standard InChI is InChI=1S/C27H33N3O4/c1-17(31)19-13-29-20(12-21(19)32)25-18-8-6-9-22(34-16-27(15-33-5)10-7-11-27)24(18)28-30(25)14-23(29)26(2,3)4/h6,8-9,12-13,23H,7,10-11,14-16H2,1-5H3. The average molecular weight is 464 g/mol. The summed E-state index contributed by atoms with van der Waals surface area (Å²) in [5.41, 5.74) is 2.42. The lowest BCUT2D eigenvalue weighted by Gasteiger charge is -2.40. The van der Waals surface area contributed by atoms with Gasteiger partial charge in [-0.25, -0.2) is 0 Å². The summed E-state index contributed by atoms with van der Waals surface area (Å²) in [7, 11) is 1.74. The van der Waals surface area contributed by atoms with E-state index in [1.807, 2.05) is 22.9 Å². The number of fused-ring (bicyclic) bond motifs is 5. The minimum Gasteiger partial charge on any atom is -0.491 e. The number of aromatic nitrogens is 3. The Morgan fingerprint density at radius 2 is 2.00 bits per heavy atom. The van der Waals surface area contributed by atoms with E-state index in [9.17, 15) is 9.59 Å². The lowest BCUT2D eigenvalue weighted by molar-refractivity contribution is -0.0182. The van der Waals surface area contributed by atoms with Crippen LogP contribution in [0.25, 0.3) is 22.3 Å². The summed E-state index contributed by atoms with van der Waals surface area (Å²) < 4.78 is 15.9. The molecule has 1 aliphatic carbocycles. The van der Waals surface area contributed by atoms with E-state index in [4.69, 9.17) is 14.6 Å². The maximum absolute atomic E-state index is 12.8. The second kappa shape index (κ2) is 8.08. The average Bonchev–Trinajstić information content (AvgIpc) is 3.13. The summed E-state index contributed by atoms with van der Waals surface area (Å²) in [6.07, 6.45) is 5.17. The van der Waals surface area contributed by atoms with Gasteiger partial charge in [-0.3, -0.25) is 14.3 Å². The molecule has 1 unspecified atom stereocenters. The van der Waals surface area contributed by atoms with Crippen LogP contribution in [-0.2, 0) is 11.3 Å². The normalized spacial score (nSPS) is 18.8. The van der Waals surface area contributed by atoms with E-state index >= 15 is 0 Å². The number of methoxy groups -OCH3 is 1. The lowest BCUT2D eigenvalue weighted by atomic mass is 9.70. The van der Waals surface area contributed by atoms with E-state index in [0.29, 0.717) is 19.8 Å². The molecular weight excluding hydrogens is 430 g/mol. The molecule has 0 N–H and O–H groups in total. The fourth-order valence-electron chi connectivity index (χ4n) is 5.39. The highest BCUT2D eigenvalue weighted by Crippen LogP contribution is 2.44. The first-order valence-corrected chi connectivity index (χ1v) is 12.0. The molecule has 5 rings (SSSR count). The zero-order valence-electron chi connectivity index (χ0n) is 20.7. The van der Waals surface area contributed by atoms with Gasteiger partial charge in [-0.1, -0.05) is 39.3 Å². The first kappa shape index (κ1) is 22.8. The largest absolute Gasteiger partial charge is 0.491 e. The summed E-state index contributed by atoms with van der Waals surface area (Å²) in [6, 6.07) is 7.60. The number of hydrogen-bond acceptors (Lipinski definition) is 5. The van der Waals surface area contributed by atoms with Crippen molar-refractivity contribution in [1.29, 1.82) is 0 Å². The molecule has 3 heterocycles. The smallest absolute Gasteiger partial charge is 0.193 e. The van der Waals surface area contributed by atoms with E-state index < -0.39 is 0 Å². The van der Waals surface area contributed by atoms with Crippen LogP contribution < -0.4 is 10.2 Å². The maximum Gasteiger partial charge on any atom is 0.193 e. The molecule has 7 heteroatoms. The van der Waals surface area contributed by atoms with Gasteiger partial charge in [-0.2, -0.15) is 5.10 Å². The number of benzene rings is 1. The summed E-state index contributed by atoms with van der Waals surface area (Å²) >= 11 is 0. The number of carbonyl (C=O) groups excluding carboxylic acids is 1. The molecule has 0 saturated heterocycles. The first-order valence-electron chi connectivity index (χ1n) is 12.0. The van der Waals surface area contributed by atoms with Gasteiger partial charge in [-0.05, 0) is 31.2 Å². The maximum atomic E-state index is 12.8. The van der Waals surface area contributed by atoms with Gasteiger partial charge in [0.25, 0.3) is 0 Å². The van der Waals surface area contributed by atoms with Crippen molar-refractivity contribution in [2.75, 3.05) is 20.3 Å². The molecule has 0 spiro atoms. The Kier molecular flexibility index (Phi) is 5.43. The molecule has 1 fully saturated rings. The fraction of sp³-hybridized carbons (Fsp3) is 0.519. The fourth-order valence-corrected chi connectivity index (χ4v) is 5.39. The molecule has 180 valence electrons. The highest BCUT2D eigenvalue weighted by molar-refractivity contribution is 5.97. The molecule has 0 amide bonds. The quantitative estimate of drug-likeness (QED) is 0.488. The molecule has 3 aromatic rings. The zero-order valence-corrected chi connectivity index (χ0v) is 20.7. The second-order valence-electron chi connectivity index (χ2n) is 11.0. The molecule has 1 aromatic carbocycles. The van der Waals surface area contributed by atoms with Crippen molar-refractivity contribution >= 4 is 16.7 Å². The van der Waals surface area contributed by atoms with Gasteiger partial charge in [-0.15, -0.1) is 0 Å². The topological polar surface area (TPSA) is 75.3 Å². The number of pyridine rings is 1. The Hall–Kier alpha value is -2.93. The molecule has 0 bridgehead atoms. The highest BCUT2D eigenvalue weighted by Gasteiger charge is 2.39. The Morgan fingerprint density at radius 1 is 1.24 bits per heavy atom. The molecule has 0 radical (unpaired) electrons. The Labute approximate surface area is 199 Å². The Balaban J connectivity index is 1.63. The SMILES string of the molecule is COCC1(COc2cccc3c4n(nc23)CC(C(C)(C)C)n2cc(C(C)=O)c(=O)cc2-4)CCC1. The summed E-state index contributed by atoms with van der Waals surface area (Å²) in [5, 5.41) is 5.92. The van der Waals surface area contributed by atoms with E-state index in [2.05, 4.69) is 25.3 Å². The van der Waals surface area contributed by atoms with Gasteiger partial charge in [0, 0.05) is 30.2 Å². The van der Waals surface area contributed by atoms with E-state index in [-0.39, 0.29) is 33.6 Å². The van der Waals surface area contributed by atoms with Crippen LogP contribution in [0.2, 0.25) is 0 Å². The minimum atomic E-state index is -0.256. The predicted molar refractivity (Wildman–Crippen MR) is 132 cm³/mol. The molecule has 34 heavy (non-hydrogen) atoms. The third-order valence-corrected chi connectivity index (χ3v) is 7.51. The van der Waals surface area contributed by atoms with Gasteiger partial charge in [0.1, 0.15) is 11.3 Å². The Bertz CT molecular complexity index is 1320. The second-order valence-corrected chi connectivity index (χ2v) is 11.0. The van der Waals surface area contributed by atoms with Crippen LogP contribution in [0.5, 0.6) is 5.75 Å². The number of ketones is 1. The molecule has 7 nitrogen and oxygen atoms in total. The molecule has 2 aromatic heterocycles. The summed E-state index contributed by atoms with van der Waals surface area (Å²) in [5.74, 6) is 0.539. The van der Waals surface area contributed by atoms with Gasteiger partial charge in [0.15, 0.2) is 11.2 Å². The predicted octanol–water partition coefficient (Wildman–Crippen LogP) is 4.86. The van der Waals surface area contributed by atoms with Crippen molar-refractivity contribution in [3.05, 3.63) is 46.2 Å². The summed E-state index contributed by atoms with van der Waals surface area (Å²) in [6.45, 7) is 9.90. The minimum absolute atomic E-state index is 0.0346. The third-order valence-electron chi connectivity index (χ3n) is 7.51. The lowest BCUT2D eigenvalue weighted by Crippen LogP contribution is -2.39. The zero-order chi connectivity index (χ0) is 24.3. The Morgan fingerprint density at radius 3 is 2.62 bits per heavy atom. The van der Waals surface area contributed by atoms with E-state index in [0.717, 1.165) is 40.9 Å². The number of rotatable bonds is 6. The molecule has 1 saturated carbocycles. The van der Waals surface area contributed by atoms with Crippen molar-refractivity contribution in [2.24, 2.45) is 10.8 Å². The van der Waals surface area contributed by atoms with Crippen LogP contribution in [0.4, 0.5) is 0 Å². The highest BCUT2D eigenvalue weighted by atomic mass is 16.5. The van der Waals surface area contributed by atoms with Crippen LogP contribution in [0.1, 0.15) is 63.4 Å². The summed E-state index contributed by atoms with van der Waals surface area (Å²) in [4.78, 5) is 25.0. The van der Waals surface area contributed by atoms with Gasteiger partial charge in [0.05, 0.1) is 42.8 Å². The van der Waals surface area contributed by atoms with Gasteiger partial charge >= 0.3 is 0 Å². The van der Waals surface area contributed by atoms with Crippen LogP contribution in [0.3, 0.4) is 0 Å². The molecule has 1 atom stereocenters. The molecular formula is C27H33N3O4. The molecule has 2 aliphatic rings. The van der Waals surface area contributed by atoms with Crippen LogP contribution in [0.15, 0.2) is 35.3 Å². The number of hydrogen-bond donors (Lipinski definition) is 0. The van der Waals surface area contributed by atoms with Crippen LogP contribution in [0, 0.1) is 10.8 Å². The van der Waals surface area contributed by atoms with Gasteiger partial charge < -0.3 is 14.0 Å². The number of carbonyl (C=O) groups is 1. The van der Waals surface area contributed by atoms with Crippen molar-refractivity contribution in [3.8, 4) is 17.1 Å². The van der Waals surface area contributed by atoms with Crippen molar-refractivity contribution in [1.82, 2.24) is 14.3 Å². The first-order chi connectivity index (χ1) is 16.1. The van der Waals surface area contributed by atoms with E-state index in [1.54, 1.807) is 19.4 Å². The third kappa shape index (κ3) is 3.66. The van der Waals surface area contributed by atoms with Crippen molar-refractivity contribution in [3.63, 3.8) is 0 Å². The van der Waals surface area contributed by atoms with Crippen molar-refractivity contribution in [2.45, 2.75) is 59.5 Å². The van der Waals surface area contributed by atoms with Gasteiger partial charge in [0.2, 0.25) is 0 Å².